The first kappa shape index (κ1) is 10.6. The van der Waals surface area contributed by atoms with E-state index >= 15 is 0 Å². The molecule has 2 N–H and O–H groups in total. The van der Waals surface area contributed by atoms with Gasteiger partial charge in [0.15, 0.2) is 0 Å². The number of nitrogens with two attached hydrogens (primary N) is 1. The number of rotatable bonds is 3. The molecule has 3 nitrogen and oxygen atoms in total. The van der Waals surface area contributed by atoms with E-state index < -0.39 is 0 Å². The van der Waals surface area contributed by atoms with Crippen molar-refractivity contribution in [1.82, 2.24) is 4.98 Å². The summed E-state index contributed by atoms with van der Waals surface area (Å²) in [6, 6.07) is 15.3. The van der Waals surface area contributed by atoms with Crippen LogP contribution < -0.4 is 10.5 Å². The van der Waals surface area contributed by atoms with E-state index in [0.717, 1.165) is 11.3 Å². The molecule has 0 radical (unpaired) electrons. The summed E-state index contributed by atoms with van der Waals surface area (Å²) in [4.78, 5) is 4.32. The molecule has 0 aliphatic heterocycles. The van der Waals surface area contributed by atoms with Crippen molar-refractivity contribution in [2.24, 2.45) is 5.73 Å². The Labute approximate surface area is 94.9 Å². The topological polar surface area (TPSA) is 48.1 Å². The molecule has 2 aromatic rings. The quantitative estimate of drug-likeness (QED) is 0.851. The average Bonchev–Trinajstić information content (AvgIpc) is 2.39. The lowest BCUT2D eigenvalue weighted by Crippen LogP contribution is -2.13. The van der Waals surface area contributed by atoms with Crippen LogP contribution in [0, 0.1) is 0 Å². The number of pyridine rings is 1. The maximum Gasteiger partial charge on any atom is 0.213 e. The van der Waals surface area contributed by atoms with Crippen molar-refractivity contribution >= 4 is 0 Å². The minimum Gasteiger partial charge on any atom is -0.481 e. The Balaban J connectivity index is 2.30. The largest absolute Gasteiger partial charge is 0.481 e. The average molecular weight is 214 g/mol. The van der Waals surface area contributed by atoms with Gasteiger partial charge in [-0.25, -0.2) is 4.98 Å². The zero-order valence-corrected chi connectivity index (χ0v) is 9.13. The molecule has 2 rings (SSSR count). The lowest BCUT2D eigenvalue weighted by molar-refractivity contribution is 0.395. The zero-order chi connectivity index (χ0) is 11.4. The standard InChI is InChI=1S/C13H14N2O/c1-16-12-9-5-8-11(15-12)13(14)10-6-3-2-4-7-10/h2-9,13H,14H2,1H3/t13-/m0/s1. The number of ether oxygens (including phenoxy) is 1. The maximum absolute atomic E-state index is 6.12. The fourth-order valence-electron chi connectivity index (χ4n) is 1.55. The second-order valence-electron chi connectivity index (χ2n) is 3.49. The monoisotopic (exact) mass is 214 g/mol. The first-order valence-corrected chi connectivity index (χ1v) is 5.12. The van der Waals surface area contributed by atoms with Gasteiger partial charge in [0.25, 0.3) is 0 Å². The Morgan fingerprint density at radius 2 is 1.81 bits per heavy atom. The van der Waals surface area contributed by atoms with Gasteiger partial charge in [-0.05, 0) is 11.6 Å². The number of methoxy groups -OCH3 is 1. The summed E-state index contributed by atoms with van der Waals surface area (Å²) in [5, 5.41) is 0. The van der Waals surface area contributed by atoms with Gasteiger partial charge in [0.2, 0.25) is 5.88 Å². The first-order valence-electron chi connectivity index (χ1n) is 5.12. The maximum atomic E-state index is 6.12. The molecule has 3 heteroatoms. The smallest absolute Gasteiger partial charge is 0.213 e. The summed E-state index contributed by atoms with van der Waals surface area (Å²) < 4.78 is 5.07. The van der Waals surface area contributed by atoms with Crippen LogP contribution in [-0.4, -0.2) is 12.1 Å². The molecule has 0 fully saturated rings. The minimum atomic E-state index is -0.212. The number of hydrogen-bond acceptors (Lipinski definition) is 3. The van der Waals surface area contributed by atoms with E-state index in [1.54, 1.807) is 13.2 Å². The SMILES string of the molecule is COc1cccc([C@@H](N)c2ccccc2)n1. The molecule has 1 aromatic carbocycles. The molecule has 16 heavy (non-hydrogen) atoms. The summed E-state index contributed by atoms with van der Waals surface area (Å²) in [7, 11) is 1.60. The third-order valence-corrected chi connectivity index (χ3v) is 2.43. The molecule has 82 valence electrons. The van der Waals surface area contributed by atoms with E-state index in [1.165, 1.54) is 0 Å². The van der Waals surface area contributed by atoms with Crippen molar-refractivity contribution in [3.63, 3.8) is 0 Å². The summed E-state index contributed by atoms with van der Waals surface area (Å²) in [5.41, 5.74) is 7.98. The van der Waals surface area contributed by atoms with Gasteiger partial charge >= 0.3 is 0 Å². The molecule has 0 saturated carbocycles. The Kier molecular flexibility index (Phi) is 3.17. The minimum absolute atomic E-state index is 0.212. The van der Waals surface area contributed by atoms with Crippen LogP contribution in [0.1, 0.15) is 17.3 Å². The van der Waals surface area contributed by atoms with E-state index in [9.17, 15) is 0 Å². The molecule has 0 unspecified atom stereocenters. The third-order valence-electron chi connectivity index (χ3n) is 2.43. The normalized spacial score (nSPS) is 12.1. The van der Waals surface area contributed by atoms with Gasteiger partial charge in [0.1, 0.15) is 0 Å². The van der Waals surface area contributed by atoms with Crippen molar-refractivity contribution in [3.05, 3.63) is 59.8 Å². The van der Waals surface area contributed by atoms with Gasteiger partial charge in [-0.15, -0.1) is 0 Å². The van der Waals surface area contributed by atoms with E-state index in [2.05, 4.69) is 4.98 Å². The molecule has 0 amide bonds. The second kappa shape index (κ2) is 4.77. The van der Waals surface area contributed by atoms with Crippen LogP contribution >= 0.6 is 0 Å². The van der Waals surface area contributed by atoms with Gasteiger partial charge in [0.05, 0.1) is 18.8 Å². The predicted octanol–water partition coefficient (Wildman–Crippen LogP) is 2.14. The van der Waals surface area contributed by atoms with Crippen LogP contribution in [0.25, 0.3) is 0 Å². The summed E-state index contributed by atoms with van der Waals surface area (Å²) in [5.74, 6) is 0.587. The van der Waals surface area contributed by atoms with E-state index in [-0.39, 0.29) is 6.04 Å². The lowest BCUT2D eigenvalue weighted by Gasteiger charge is -2.12. The van der Waals surface area contributed by atoms with Crippen molar-refractivity contribution in [3.8, 4) is 5.88 Å². The molecule has 0 aliphatic rings. The fourth-order valence-corrected chi connectivity index (χ4v) is 1.55. The highest BCUT2D eigenvalue weighted by Gasteiger charge is 2.10. The number of benzene rings is 1. The van der Waals surface area contributed by atoms with Crippen LogP contribution in [0.2, 0.25) is 0 Å². The van der Waals surface area contributed by atoms with Crippen LogP contribution in [0.3, 0.4) is 0 Å². The molecule has 1 atom stereocenters. The van der Waals surface area contributed by atoms with Gasteiger partial charge in [-0.1, -0.05) is 36.4 Å². The summed E-state index contributed by atoms with van der Waals surface area (Å²) >= 11 is 0. The number of aromatic nitrogens is 1. The van der Waals surface area contributed by atoms with E-state index in [4.69, 9.17) is 10.5 Å². The van der Waals surface area contributed by atoms with Crippen LogP contribution in [0.5, 0.6) is 5.88 Å². The number of nitrogens with zero attached hydrogens (tertiary/aromatic N) is 1. The van der Waals surface area contributed by atoms with Crippen molar-refractivity contribution in [2.45, 2.75) is 6.04 Å². The summed E-state index contributed by atoms with van der Waals surface area (Å²) in [6.07, 6.45) is 0. The van der Waals surface area contributed by atoms with Crippen molar-refractivity contribution < 1.29 is 4.74 Å². The molecule has 0 spiro atoms. The van der Waals surface area contributed by atoms with E-state index in [1.807, 2.05) is 42.5 Å². The Bertz CT molecular complexity index is 456. The van der Waals surface area contributed by atoms with Crippen LogP contribution in [-0.2, 0) is 0 Å². The highest BCUT2D eigenvalue weighted by atomic mass is 16.5. The highest BCUT2D eigenvalue weighted by Crippen LogP contribution is 2.19. The molecule has 1 aromatic heterocycles. The molecule has 0 bridgehead atoms. The third kappa shape index (κ3) is 2.20. The fraction of sp³-hybridized carbons (Fsp3) is 0.154. The predicted molar refractivity (Wildman–Crippen MR) is 63.3 cm³/mol. The van der Waals surface area contributed by atoms with Gasteiger partial charge in [0, 0.05) is 6.07 Å². The van der Waals surface area contributed by atoms with E-state index in [0.29, 0.717) is 5.88 Å². The Morgan fingerprint density at radius 3 is 2.50 bits per heavy atom. The Hall–Kier alpha value is -1.87. The number of hydrogen-bond donors (Lipinski definition) is 1. The second-order valence-corrected chi connectivity index (χ2v) is 3.49. The van der Waals surface area contributed by atoms with Crippen molar-refractivity contribution in [2.75, 3.05) is 7.11 Å². The molecule has 0 aliphatic carbocycles. The zero-order valence-electron chi connectivity index (χ0n) is 9.13. The molecular weight excluding hydrogens is 200 g/mol. The molecule has 0 saturated heterocycles. The molecule has 1 heterocycles. The van der Waals surface area contributed by atoms with Crippen molar-refractivity contribution in [1.29, 1.82) is 0 Å². The highest BCUT2D eigenvalue weighted by molar-refractivity contribution is 5.28. The first-order chi connectivity index (χ1) is 7.81. The lowest BCUT2D eigenvalue weighted by atomic mass is 10.0. The Morgan fingerprint density at radius 1 is 1.06 bits per heavy atom. The van der Waals surface area contributed by atoms with Gasteiger partial charge < -0.3 is 10.5 Å². The van der Waals surface area contributed by atoms with Crippen LogP contribution in [0.15, 0.2) is 48.5 Å². The van der Waals surface area contributed by atoms with Crippen LogP contribution in [0.4, 0.5) is 0 Å². The van der Waals surface area contributed by atoms with Gasteiger partial charge in [-0.3, -0.25) is 0 Å². The molecular formula is C13H14N2O. The summed E-state index contributed by atoms with van der Waals surface area (Å²) in [6.45, 7) is 0. The van der Waals surface area contributed by atoms with Gasteiger partial charge in [-0.2, -0.15) is 0 Å².